The van der Waals surface area contributed by atoms with Crippen LogP contribution in [0.25, 0.3) is 5.69 Å². The minimum absolute atomic E-state index is 0.0563. The second-order valence-electron chi connectivity index (χ2n) is 8.27. The van der Waals surface area contributed by atoms with Gasteiger partial charge in [0.1, 0.15) is 5.69 Å². The van der Waals surface area contributed by atoms with Crippen LogP contribution in [0.5, 0.6) is 5.75 Å². The van der Waals surface area contributed by atoms with Crippen LogP contribution in [0.2, 0.25) is 0 Å². The summed E-state index contributed by atoms with van der Waals surface area (Å²) in [5.41, 5.74) is 1.07. The second kappa shape index (κ2) is 10.0. The van der Waals surface area contributed by atoms with Crippen LogP contribution in [0.15, 0.2) is 41.3 Å². The molecule has 2 atom stereocenters. The van der Waals surface area contributed by atoms with Gasteiger partial charge in [-0.2, -0.15) is 14.8 Å². The van der Waals surface area contributed by atoms with Gasteiger partial charge in [0.25, 0.3) is 0 Å². The largest absolute Gasteiger partial charge is 0.486 e. The third kappa shape index (κ3) is 5.39. The summed E-state index contributed by atoms with van der Waals surface area (Å²) in [6.07, 6.45) is 2.51. The summed E-state index contributed by atoms with van der Waals surface area (Å²) < 4.78 is 26.0. The number of ether oxygens (including phenoxy) is 1. The summed E-state index contributed by atoms with van der Waals surface area (Å²) >= 11 is 1.45. The van der Waals surface area contributed by atoms with E-state index in [1.807, 2.05) is 35.4 Å². The van der Waals surface area contributed by atoms with Gasteiger partial charge in [-0.15, -0.1) is 0 Å². The van der Waals surface area contributed by atoms with Crippen LogP contribution in [0.3, 0.4) is 0 Å². The zero-order valence-electron chi connectivity index (χ0n) is 17.9. The summed E-state index contributed by atoms with van der Waals surface area (Å²) in [6.45, 7) is 7.02. The van der Waals surface area contributed by atoms with Crippen LogP contribution < -0.4 is 15.2 Å². The Morgan fingerprint density at radius 3 is 2.55 bits per heavy atom. The number of alkyl halides is 1. The maximum Gasteiger partial charge on any atom is 0.316 e. The maximum absolute atomic E-state index is 13.3. The quantitative estimate of drug-likeness (QED) is 0.546. The molecule has 2 fully saturated rings. The Morgan fingerprint density at radius 1 is 1.16 bits per heavy atom. The molecule has 1 aromatic carbocycles. The van der Waals surface area contributed by atoms with E-state index in [0.717, 1.165) is 6.42 Å². The predicted octanol–water partition coefficient (Wildman–Crippen LogP) is 3.33. The van der Waals surface area contributed by atoms with E-state index in [-0.39, 0.29) is 29.8 Å². The monoisotopic (exact) mass is 448 g/mol. The zero-order valence-corrected chi connectivity index (χ0v) is 18.8. The summed E-state index contributed by atoms with van der Waals surface area (Å²) in [5, 5.41) is 6.74. The molecule has 7 nitrogen and oxygen atoms in total. The van der Waals surface area contributed by atoms with E-state index in [4.69, 9.17) is 9.02 Å². The molecular formula is C22H29FN4O3S. The molecule has 1 aromatic heterocycles. The average Bonchev–Trinajstić information content (AvgIpc) is 3.56. The van der Waals surface area contributed by atoms with Gasteiger partial charge in [-0.1, -0.05) is 32.0 Å². The standard InChI is InChI=1S/C22H29FN4O3S/c1-16(2)31-30-26-10-8-25(9-11-26)20-14-24-27(19-6-4-3-5-7-19)22(28)21(20)29-15-18-12-17(18)13-23/h3-7,14,16-18H,8-13,15H2,1-2H3. The summed E-state index contributed by atoms with van der Waals surface area (Å²) in [7, 11) is 0. The van der Waals surface area contributed by atoms with Gasteiger partial charge in [0.2, 0.25) is 5.75 Å². The topological polar surface area (TPSA) is 59.8 Å². The van der Waals surface area contributed by atoms with Crippen molar-refractivity contribution in [2.45, 2.75) is 25.5 Å². The number of piperazine rings is 1. The number of hydrogen-bond donors (Lipinski definition) is 0. The highest BCUT2D eigenvalue weighted by Crippen LogP contribution is 2.39. The van der Waals surface area contributed by atoms with Crippen molar-refractivity contribution in [2.24, 2.45) is 11.8 Å². The van der Waals surface area contributed by atoms with E-state index in [0.29, 0.717) is 49.4 Å². The lowest BCUT2D eigenvalue weighted by atomic mass is 10.3. The van der Waals surface area contributed by atoms with Gasteiger partial charge in [-0.3, -0.25) is 9.18 Å². The summed E-state index contributed by atoms with van der Waals surface area (Å²) in [5.74, 6) is 0.518. The lowest BCUT2D eigenvalue weighted by Crippen LogP contribution is -2.46. The molecule has 2 heterocycles. The highest BCUT2D eigenvalue weighted by Gasteiger charge is 2.38. The first-order valence-corrected chi connectivity index (χ1v) is 11.6. The van der Waals surface area contributed by atoms with Gasteiger partial charge in [0.15, 0.2) is 0 Å². The lowest BCUT2D eigenvalue weighted by molar-refractivity contribution is -0.0419. The Hall–Kier alpha value is -2.10. The minimum Gasteiger partial charge on any atom is -0.486 e. The molecular weight excluding hydrogens is 419 g/mol. The Bertz CT molecular complexity index is 919. The fourth-order valence-corrected chi connectivity index (χ4v) is 4.03. The molecule has 2 unspecified atom stereocenters. The van der Waals surface area contributed by atoms with Crippen molar-refractivity contribution in [3.05, 3.63) is 46.9 Å². The van der Waals surface area contributed by atoms with Crippen LogP contribution in [0.4, 0.5) is 10.1 Å². The molecule has 0 bridgehead atoms. The smallest absolute Gasteiger partial charge is 0.316 e. The zero-order chi connectivity index (χ0) is 21.8. The van der Waals surface area contributed by atoms with Gasteiger partial charge in [0.05, 0.1) is 25.2 Å². The second-order valence-corrected chi connectivity index (χ2v) is 9.55. The highest BCUT2D eigenvalue weighted by atomic mass is 32.2. The van der Waals surface area contributed by atoms with E-state index in [1.54, 1.807) is 6.20 Å². The number of para-hydroxylation sites is 1. The van der Waals surface area contributed by atoms with Crippen molar-refractivity contribution < 1.29 is 13.4 Å². The number of aromatic nitrogens is 2. The molecule has 31 heavy (non-hydrogen) atoms. The van der Waals surface area contributed by atoms with Crippen LogP contribution in [0.1, 0.15) is 20.3 Å². The first kappa shape index (κ1) is 22.1. The van der Waals surface area contributed by atoms with E-state index in [1.165, 1.54) is 16.7 Å². The van der Waals surface area contributed by atoms with E-state index < -0.39 is 0 Å². The molecule has 9 heteroatoms. The number of nitrogens with zero attached hydrogens (tertiary/aromatic N) is 4. The molecule has 168 valence electrons. The van der Waals surface area contributed by atoms with E-state index >= 15 is 0 Å². The van der Waals surface area contributed by atoms with Gasteiger partial charge < -0.3 is 9.64 Å². The predicted molar refractivity (Wildman–Crippen MR) is 120 cm³/mol. The van der Waals surface area contributed by atoms with Gasteiger partial charge in [-0.25, -0.2) is 4.28 Å². The van der Waals surface area contributed by atoms with Crippen LogP contribution in [-0.4, -0.2) is 59.6 Å². The van der Waals surface area contributed by atoms with Gasteiger partial charge in [-0.05, 0) is 30.4 Å². The molecule has 0 N–H and O–H groups in total. The van der Waals surface area contributed by atoms with E-state index in [9.17, 15) is 9.18 Å². The maximum atomic E-state index is 13.3. The average molecular weight is 449 g/mol. The lowest BCUT2D eigenvalue weighted by Gasteiger charge is -2.35. The van der Waals surface area contributed by atoms with Crippen molar-refractivity contribution in [3.63, 3.8) is 0 Å². The molecule has 0 radical (unpaired) electrons. The Labute approximate surface area is 186 Å². The van der Waals surface area contributed by atoms with Crippen LogP contribution >= 0.6 is 12.0 Å². The van der Waals surface area contributed by atoms with E-state index in [2.05, 4.69) is 23.8 Å². The number of benzene rings is 1. The van der Waals surface area contributed by atoms with Crippen LogP contribution in [0, 0.1) is 11.8 Å². The number of halogens is 1. The fourth-order valence-electron chi connectivity index (χ4n) is 3.59. The Kier molecular flexibility index (Phi) is 7.14. The van der Waals surface area contributed by atoms with Crippen molar-refractivity contribution in [2.75, 3.05) is 44.4 Å². The SMILES string of the molecule is CC(C)SON1CCN(c2cnn(-c3ccccc3)c(=O)c2OCC2CC2CF)CC1. The molecule has 1 saturated heterocycles. The van der Waals surface area contributed by atoms with Crippen molar-refractivity contribution in [3.8, 4) is 11.4 Å². The number of hydrogen-bond acceptors (Lipinski definition) is 7. The first-order chi connectivity index (χ1) is 15.1. The summed E-state index contributed by atoms with van der Waals surface area (Å²) in [4.78, 5) is 15.4. The Balaban J connectivity index is 1.53. The fraction of sp³-hybridized carbons (Fsp3) is 0.545. The van der Waals surface area contributed by atoms with Crippen molar-refractivity contribution in [1.82, 2.24) is 14.8 Å². The molecule has 2 aromatic rings. The Morgan fingerprint density at radius 2 is 1.90 bits per heavy atom. The van der Waals surface area contributed by atoms with Crippen molar-refractivity contribution in [1.29, 1.82) is 0 Å². The van der Waals surface area contributed by atoms with Gasteiger partial charge in [0, 0.05) is 43.5 Å². The molecule has 4 rings (SSSR count). The minimum atomic E-state index is -0.332. The highest BCUT2D eigenvalue weighted by molar-refractivity contribution is 7.95. The number of hydroxylamine groups is 2. The normalized spacial score (nSPS) is 21.5. The van der Waals surface area contributed by atoms with Crippen LogP contribution in [-0.2, 0) is 4.28 Å². The third-order valence-corrected chi connectivity index (χ3v) is 6.23. The number of rotatable bonds is 9. The molecule has 0 amide bonds. The molecule has 1 aliphatic heterocycles. The number of anilines is 1. The van der Waals surface area contributed by atoms with Gasteiger partial charge >= 0.3 is 5.56 Å². The molecule has 2 aliphatic rings. The first-order valence-electron chi connectivity index (χ1n) is 10.8. The summed E-state index contributed by atoms with van der Waals surface area (Å²) in [6, 6.07) is 9.29. The molecule has 1 aliphatic carbocycles. The molecule has 1 saturated carbocycles. The molecule has 0 spiro atoms. The third-order valence-electron chi connectivity index (χ3n) is 5.54. The van der Waals surface area contributed by atoms with Crippen molar-refractivity contribution >= 4 is 17.7 Å².